The number of aromatic amines is 1. The van der Waals surface area contributed by atoms with Crippen LogP contribution in [0.5, 0.6) is 0 Å². The molecule has 0 bridgehead atoms. The van der Waals surface area contributed by atoms with E-state index >= 15 is 0 Å². The molecule has 4 N–H and O–H groups in total. The molecule has 0 unspecified atom stereocenters. The van der Waals surface area contributed by atoms with Crippen LogP contribution in [-0.2, 0) is 6.54 Å². The molecule has 0 radical (unpaired) electrons. The van der Waals surface area contributed by atoms with Crippen molar-refractivity contribution in [2.75, 3.05) is 12.3 Å². The molecular formula is C12H17N5O2. The molecule has 0 aliphatic carbocycles. The normalized spacial score (nSPS) is 14.4. The zero-order valence-corrected chi connectivity index (χ0v) is 10.7. The number of imidazole rings is 1. The predicted octanol–water partition coefficient (Wildman–Crippen LogP) is 0.132. The number of nitrogens with two attached hydrogens (primary N) is 1. The maximum Gasteiger partial charge on any atom is 0.280 e. The number of aliphatic hydroxyl groups is 1. The zero-order chi connectivity index (χ0) is 14.0. The fraction of sp³-hybridized carbons (Fsp3) is 0.417. The first-order valence-electron chi connectivity index (χ1n) is 6.00. The van der Waals surface area contributed by atoms with Gasteiger partial charge in [-0.3, -0.25) is 9.78 Å². The van der Waals surface area contributed by atoms with Crippen molar-refractivity contribution in [2.45, 2.75) is 13.5 Å². The number of fused-ring (bicyclic) bond motifs is 1. The first-order valence-corrected chi connectivity index (χ1v) is 6.00. The van der Waals surface area contributed by atoms with Crippen molar-refractivity contribution in [2.24, 2.45) is 11.8 Å². The van der Waals surface area contributed by atoms with Gasteiger partial charge >= 0.3 is 0 Å². The molecule has 0 aromatic carbocycles. The van der Waals surface area contributed by atoms with Crippen molar-refractivity contribution in [1.82, 2.24) is 19.5 Å². The third-order valence-electron chi connectivity index (χ3n) is 3.22. The minimum Gasteiger partial charge on any atom is -0.396 e. The lowest BCUT2D eigenvalue weighted by Crippen LogP contribution is -2.19. The number of hydrogen-bond acceptors (Lipinski definition) is 5. The maximum atomic E-state index is 11.6. The number of anilines is 1. The Morgan fingerprint density at radius 3 is 3.05 bits per heavy atom. The van der Waals surface area contributed by atoms with Gasteiger partial charge in [0.25, 0.3) is 5.56 Å². The van der Waals surface area contributed by atoms with Crippen molar-refractivity contribution in [3.8, 4) is 0 Å². The first-order chi connectivity index (χ1) is 9.06. The summed E-state index contributed by atoms with van der Waals surface area (Å²) >= 11 is 0. The second-order valence-corrected chi connectivity index (χ2v) is 4.58. The van der Waals surface area contributed by atoms with E-state index in [1.165, 1.54) is 0 Å². The van der Waals surface area contributed by atoms with Crippen LogP contribution in [0.3, 0.4) is 0 Å². The molecule has 2 rings (SSSR count). The summed E-state index contributed by atoms with van der Waals surface area (Å²) in [6, 6.07) is 0. The molecule has 7 heteroatoms. The Balaban J connectivity index is 2.36. The summed E-state index contributed by atoms with van der Waals surface area (Å²) in [5.41, 5.74) is 5.90. The Kier molecular flexibility index (Phi) is 3.66. The Morgan fingerprint density at radius 2 is 2.42 bits per heavy atom. The average molecular weight is 263 g/mol. The van der Waals surface area contributed by atoms with Crippen molar-refractivity contribution < 1.29 is 5.11 Å². The third kappa shape index (κ3) is 2.50. The van der Waals surface area contributed by atoms with Gasteiger partial charge in [0.2, 0.25) is 5.95 Å². The molecule has 2 aromatic rings. The molecule has 19 heavy (non-hydrogen) atoms. The molecule has 102 valence electrons. The number of aromatic nitrogens is 4. The molecule has 0 aliphatic heterocycles. The van der Waals surface area contributed by atoms with Crippen molar-refractivity contribution in [3.05, 3.63) is 29.3 Å². The lowest BCUT2D eigenvalue weighted by atomic mass is 9.95. The first kappa shape index (κ1) is 13.3. The lowest BCUT2D eigenvalue weighted by Gasteiger charge is -2.18. The number of rotatable bonds is 5. The molecule has 0 saturated heterocycles. The van der Waals surface area contributed by atoms with Crippen LogP contribution >= 0.6 is 0 Å². The lowest BCUT2D eigenvalue weighted by molar-refractivity contribution is 0.205. The van der Waals surface area contributed by atoms with Crippen molar-refractivity contribution in [1.29, 1.82) is 0 Å². The largest absolute Gasteiger partial charge is 0.396 e. The van der Waals surface area contributed by atoms with Crippen LogP contribution in [0, 0.1) is 11.8 Å². The van der Waals surface area contributed by atoms with E-state index in [0.717, 1.165) is 0 Å². The summed E-state index contributed by atoms with van der Waals surface area (Å²) in [5.74, 6) is 0.188. The summed E-state index contributed by atoms with van der Waals surface area (Å²) in [4.78, 5) is 22.2. The molecule has 0 amide bonds. The summed E-state index contributed by atoms with van der Waals surface area (Å²) in [6.45, 7) is 6.30. The second-order valence-electron chi connectivity index (χ2n) is 4.58. The second kappa shape index (κ2) is 5.23. The van der Waals surface area contributed by atoms with Gasteiger partial charge in [-0.05, 0) is 5.92 Å². The number of H-pyrrole nitrogens is 1. The highest BCUT2D eigenvalue weighted by atomic mass is 16.3. The zero-order valence-electron chi connectivity index (χ0n) is 10.7. The number of nitrogens with one attached hydrogen (secondary N) is 1. The minimum absolute atomic E-state index is 0.0169. The van der Waals surface area contributed by atoms with E-state index in [2.05, 4.69) is 21.5 Å². The standard InChI is InChI=1S/C12H17N5O2/c1-3-8(5-18)7(2)4-17-6-14-9-10(17)15-12(13)16-11(9)19/h3,6-8,18H,1,4-5H2,2H3,(H3,13,15,16,19)/t7-,8+/m1/s1. The van der Waals surface area contributed by atoms with Gasteiger partial charge in [0, 0.05) is 19.1 Å². The fourth-order valence-electron chi connectivity index (χ4n) is 2.04. The van der Waals surface area contributed by atoms with E-state index in [1.54, 1.807) is 17.0 Å². The maximum absolute atomic E-state index is 11.6. The van der Waals surface area contributed by atoms with Crippen LogP contribution in [0.25, 0.3) is 11.2 Å². The molecular weight excluding hydrogens is 246 g/mol. The monoisotopic (exact) mass is 263 g/mol. The van der Waals surface area contributed by atoms with E-state index in [4.69, 9.17) is 5.73 Å². The fourth-order valence-corrected chi connectivity index (χ4v) is 2.04. The molecule has 7 nitrogen and oxygen atoms in total. The van der Waals surface area contributed by atoms with Gasteiger partial charge in [-0.1, -0.05) is 13.0 Å². The van der Waals surface area contributed by atoms with Gasteiger partial charge in [0.15, 0.2) is 11.2 Å². The van der Waals surface area contributed by atoms with Crippen molar-refractivity contribution >= 4 is 17.1 Å². The smallest absolute Gasteiger partial charge is 0.280 e. The Labute approximate surface area is 109 Å². The molecule has 0 fully saturated rings. The van der Waals surface area contributed by atoms with Crippen molar-refractivity contribution in [3.63, 3.8) is 0 Å². The number of nitrogens with zero attached hydrogens (tertiary/aromatic N) is 3. The summed E-state index contributed by atoms with van der Waals surface area (Å²) in [7, 11) is 0. The molecule has 2 aromatic heterocycles. The highest BCUT2D eigenvalue weighted by Crippen LogP contribution is 2.17. The van der Waals surface area contributed by atoms with Gasteiger partial charge in [-0.25, -0.2) is 4.98 Å². The van der Waals surface area contributed by atoms with E-state index in [0.29, 0.717) is 12.2 Å². The molecule has 0 saturated carbocycles. The van der Waals surface area contributed by atoms with Gasteiger partial charge in [0.05, 0.1) is 6.33 Å². The highest BCUT2D eigenvalue weighted by Gasteiger charge is 2.16. The summed E-state index contributed by atoms with van der Waals surface area (Å²) in [6.07, 6.45) is 3.28. The predicted molar refractivity (Wildman–Crippen MR) is 72.5 cm³/mol. The van der Waals surface area contributed by atoms with Crippen LogP contribution in [0.2, 0.25) is 0 Å². The van der Waals surface area contributed by atoms with E-state index in [1.807, 2.05) is 6.92 Å². The Morgan fingerprint density at radius 1 is 1.68 bits per heavy atom. The molecule has 2 atom stereocenters. The Hall–Kier alpha value is -2.15. The number of aliphatic hydroxyl groups excluding tert-OH is 1. The SMILES string of the molecule is C=C[C@@H](CO)[C@H](C)Cn1cnc2c(=O)[nH]c(N)nc21. The minimum atomic E-state index is -0.351. The molecule has 0 spiro atoms. The highest BCUT2D eigenvalue weighted by molar-refractivity contribution is 5.70. The third-order valence-corrected chi connectivity index (χ3v) is 3.22. The van der Waals surface area contributed by atoms with Gasteiger partial charge in [-0.15, -0.1) is 6.58 Å². The van der Waals surface area contributed by atoms with E-state index < -0.39 is 0 Å². The average Bonchev–Trinajstić information content (AvgIpc) is 2.74. The van der Waals surface area contributed by atoms with Gasteiger partial charge in [-0.2, -0.15) is 4.98 Å². The van der Waals surface area contributed by atoms with Gasteiger partial charge < -0.3 is 15.4 Å². The van der Waals surface area contributed by atoms with Crippen LogP contribution in [-0.4, -0.2) is 31.2 Å². The molecule has 2 heterocycles. The van der Waals surface area contributed by atoms with Crippen LogP contribution < -0.4 is 11.3 Å². The van der Waals surface area contributed by atoms with Crippen LogP contribution in [0.1, 0.15) is 6.92 Å². The van der Waals surface area contributed by atoms with Crippen LogP contribution in [0.15, 0.2) is 23.8 Å². The number of nitrogen functional groups attached to an aromatic ring is 1. The topological polar surface area (TPSA) is 110 Å². The Bertz CT molecular complexity index is 645. The van der Waals surface area contributed by atoms with E-state index in [9.17, 15) is 9.90 Å². The summed E-state index contributed by atoms with van der Waals surface area (Å²) < 4.78 is 1.76. The van der Waals surface area contributed by atoms with E-state index in [-0.39, 0.29) is 35.5 Å². The van der Waals surface area contributed by atoms with Gasteiger partial charge in [0.1, 0.15) is 0 Å². The number of hydrogen-bond donors (Lipinski definition) is 3. The van der Waals surface area contributed by atoms with Crippen LogP contribution in [0.4, 0.5) is 5.95 Å². The molecule has 0 aliphatic rings. The quantitative estimate of drug-likeness (QED) is 0.664. The summed E-state index contributed by atoms with van der Waals surface area (Å²) in [5, 5.41) is 9.24.